The molecule has 0 atom stereocenters. The van der Waals surface area contributed by atoms with E-state index in [2.05, 4.69) is 22.0 Å². The fourth-order valence-corrected chi connectivity index (χ4v) is 2.30. The summed E-state index contributed by atoms with van der Waals surface area (Å²) in [6.45, 7) is 5.33. The lowest BCUT2D eigenvalue weighted by Gasteiger charge is -2.18. The van der Waals surface area contributed by atoms with Crippen LogP contribution in [-0.4, -0.2) is 18.7 Å². The van der Waals surface area contributed by atoms with Crippen LogP contribution >= 0.6 is 15.9 Å². The summed E-state index contributed by atoms with van der Waals surface area (Å²) in [6, 6.07) is 5.14. The summed E-state index contributed by atoms with van der Waals surface area (Å²) in [6.07, 6.45) is 0. The Kier molecular flexibility index (Phi) is 3.97. The summed E-state index contributed by atoms with van der Waals surface area (Å²) in [5.74, 6) is -0.111. The maximum absolute atomic E-state index is 12.1. The minimum atomic E-state index is -0.616. The largest absolute Gasteiger partial charge is 0.493 e. The van der Waals surface area contributed by atoms with Gasteiger partial charge in [-0.2, -0.15) is 5.26 Å². The molecule has 1 aromatic heterocycles. The number of nitrogens with zero attached hydrogens (tertiary/aromatic N) is 1. The SMILES string of the molecule is COc1cc(C#N)c(Br)c2cc(C(=O)OC(C)(C)C)oc12. The highest BCUT2D eigenvalue weighted by Crippen LogP contribution is 2.37. The Hall–Kier alpha value is -2.00. The number of benzene rings is 1. The van der Waals surface area contributed by atoms with E-state index in [9.17, 15) is 4.79 Å². The van der Waals surface area contributed by atoms with Gasteiger partial charge in [0.1, 0.15) is 11.7 Å². The Balaban J connectivity index is 2.58. The fraction of sp³-hybridized carbons (Fsp3) is 0.333. The van der Waals surface area contributed by atoms with Gasteiger partial charge in [0.25, 0.3) is 0 Å². The van der Waals surface area contributed by atoms with Gasteiger partial charge in [-0.05, 0) is 36.7 Å². The summed E-state index contributed by atoms with van der Waals surface area (Å²) >= 11 is 3.34. The van der Waals surface area contributed by atoms with Crippen LogP contribution in [0.4, 0.5) is 0 Å². The first-order chi connectivity index (χ1) is 9.76. The summed E-state index contributed by atoms with van der Waals surface area (Å²) in [5, 5.41) is 9.70. The molecule has 0 fully saturated rings. The Morgan fingerprint density at radius 3 is 2.57 bits per heavy atom. The van der Waals surface area contributed by atoms with Crippen molar-refractivity contribution >= 4 is 32.9 Å². The standard InChI is InChI=1S/C15H14BrNO4/c1-15(2,3)21-14(18)11-6-9-12(16)8(7-17)5-10(19-4)13(9)20-11/h5-6H,1-4H3. The van der Waals surface area contributed by atoms with Crippen LogP contribution in [0.1, 0.15) is 36.9 Å². The van der Waals surface area contributed by atoms with Crippen LogP contribution in [0.3, 0.4) is 0 Å². The molecule has 0 aliphatic heterocycles. The van der Waals surface area contributed by atoms with E-state index in [1.165, 1.54) is 13.2 Å². The Bertz CT molecular complexity index is 750. The van der Waals surface area contributed by atoms with E-state index in [0.29, 0.717) is 26.8 Å². The average Bonchev–Trinajstić information content (AvgIpc) is 2.83. The average molecular weight is 352 g/mol. The Morgan fingerprint density at radius 1 is 1.38 bits per heavy atom. The summed E-state index contributed by atoms with van der Waals surface area (Å²) in [5.41, 5.74) is 0.176. The molecule has 21 heavy (non-hydrogen) atoms. The zero-order valence-electron chi connectivity index (χ0n) is 12.1. The lowest BCUT2D eigenvalue weighted by atomic mass is 10.1. The van der Waals surface area contributed by atoms with Crippen molar-refractivity contribution < 1.29 is 18.7 Å². The number of esters is 1. The van der Waals surface area contributed by atoms with E-state index in [4.69, 9.17) is 19.2 Å². The zero-order valence-corrected chi connectivity index (χ0v) is 13.7. The molecule has 0 saturated heterocycles. The predicted octanol–water partition coefficient (Wildman–Crippen LogP) is 4.03. The van der Waals surface area contributed by atoms with Gasteiger partial charge in [0.05, 0.1) is 12.7 Å². The lowest BCUT2D eigenvalue weighted by molar-refractivity contribution is 0.00381. The molecule has 2 aromatic rings. The number of carbonyl (C=O) groups is 1. The number of halogens is 1. The van der Waals surface area contributed by atoms with Crippen molar-refractivity contribution in [1.29, 1.82) is 5.26 Å². The number of fused-ring (bicyclic) bond motifs is 1. The molecule has 2 rings (SSSR count). The normalized spacial score (nSPS) is 11.2. The molecule has 5 nitrogen and oxygen atoms in total. The van der Waals surface area contributed by atoms with E-state index in [1.807, 2.05) is 0 Å². The van der Waals surface area contributed by atoms with Crippen molar-refractivity contribution in [2.45, 2.75) is 26.4 Å². The minimum absolute atomic E-state index is 0.0639. The van der Waals surface area contributed by atoms with Crippen LogP contribution in [0.2, 0.25) is 0 Å². The second kappa shape index (κ2) is 5.41. The predicted molar refractivity (Wildman–Crippen MR) is 80.3 cm³/mol. The smallest absolute Gasteiger partial charge is 0.374 e. The van der Waals surface area contributed by atoms with Gasteiger partial charge in [0.15, 0.2) is 11.3 Å². The highest BCUT2D eigenvalue weighted by atomic mass is 79.9. The van der Waals surface area contributed by atoms with E-state index >= 15 is 0 Å². The van der Waals surface area contributed by atoms with Crippen LogP contribution in [0.15, 0.2) is 21.0 Å². The number of hydrogen-bond donors (Lipinski definition) is 0. The molecule has 110 valence electrons. The molecular formula is C15H14BrNO4. The van der Waals surface area contributed by atoms with Crippen LogP contribution in [0.25, 0.3) is 11.0 Å². The number of methoxy groups -OCH3 is 1. The first-order valence-electron chi connectivity index (χ1n) is 6.20. The molecule has 0 spiro atoms. The Morgan fingerprint density at radius 2 is 2.05 bits per heavy atom. The Labute approximate surface area is 130 Å². The van der Waals surface area contributed by atoms with Gasteiger partial charge in [0, 0.05) is 22.0 Å². The lowest BCUT2D eigenvalue weighted by Crippen LogP contribution is -2.23. The van der Waals surface area contributed by atoms with Gasteiger partial charge in [0.2, 0.25) is 5.76 Å². The number of nitriles is 1. The second-order valence-electron chi connectivity index (χ2n) is 5.41. The number of hydrogen-bond acceptors (Lipinski definition) is 5. The third-order valence-electron chi connectivity index (χ3n) is 2.64. The zero-order chi connectivity index (χ0) is 15.8. The van der Waals surface area contributed by atoms with E-state index in [1.54, 1.807) is 26.8 Å². The van der Waals surface area contributed by atoms with Gasteiger partial charge in [-0.3, -0.25) is 0 Å². The van der Waals surface area contributed by atoms with Crippen LogP contribution in [0.5, 0.6) is 5.75 Å². The summed E-state index contributed by atoms with van der Waals surface area (Å²) < 4.78 is 16.6. The molecule has 0 radical (unpaired) electrons. The van der Waals surface area contributed by atoms with Crippen molar-refractivity contribution in [2.24, 2.45) is 0 Å². The maximum Gasteiger partial charge on any atom is 0.374 e. The molecule has 0 aliphatic rings. The van der Waals surface area contributed by atoms with Gasteiger partial charge < -0.3 is 13.9 Å². The van der Waals surface area contributed by atoms with Crippen LogP contribution in [-0.2, 0) is 4.74 Å². The van der Waals surface area contributed by atoms with E-state index < -0.39 is 11.6 Å². The number of furan rings is 1. The summed E-state index contributed by atoms with van der Waals surface area (Å²) in [7, 11) is 1.47. The molecular weight excluding hydrogens is 338 g/mol. The van der Waals surface area contributed by atoms with Gasteiger partial charge in [-0.25, -0.2) is 4.79 Å². The number of carbonyl (C=O) groups excluding carboxylic acids is 1. The molecule has 0 unspecified atom stereocenters. The third-order valence-corrected chi connectivity index (χ3v) is 3.50. The first-order valence-corrected chi connectivity index (χ1v) is 6.99. The fourth-order valence-electron chi connectivity index (χ4n) is 1.80. The van der Waals surface area contributed by atoms with Crippen LogP contribution < -0.4 is 4.74 Å². The highest BCUT2D eigenvalue weighted by Gasteiger charge is 2.24. The van der Waals surface area contributed by atoms with Gasteiger partial charge in [-0.15, -0.1) is 0 Å². The van der Waals surface area contributed by atoms with Gasteiger partial charge >= 0.3 is 5.97 Å². The molecule has 1 aromatic carbocycles. The highest BCUT2D eigenvalue weighted by molar-refractivity contribution is 9.10. The van der Waals surface area contributed by atoms with E-state index in [0.717, 1.165) is 0 Å². The van der Waals surface area contributed by atoms with Crippen molar-refractivity contribution in [3.8, 4) is 11.8 Å². The summed E-state index contributed by atoms with van der Waals surface area (Å²) in [4.78, 5) is 12.1. The maximum atomic E-state index is 12.1. The second-order valence-corrected chi connectivity index (χ2v) is 6.20. The molecule has 0 amide bonds. The molecule has 0 aliphatic carbocycles. The third kappa shape index (κ3) is 3.03. The molecule has 1 heterocycles. The van der Waals surface area contributed by atoms with Crippen molar-refractivity contribution in [2.75, 3.05) is 7.11 Å². The first kappa shape index (κ1) is 15.4. The quantitative estimate of drug-likeness (QED) is 0.763. The van der Waals surface area contributed by atoms with Crippen molar-refractivity contribution in [3.05, 3.63) is 27.9 Å². The molecule has 0 bridgehead atoms. The minimum Gasteiger partial charge on any atom is -0.493 e. The van der Waals surface area contributed by atoms with Gasteiger partial charge in [-0.1, -0.05) is 0 Å². The topological polar surface area (TPSA) is 72.5 Å². The molecule has 0 N–H and O–H groups in total. The van der Waals surface area contributed by atoms with E-state index in [-0.39, 0.29) is 5.76 Å². The molecule has 6 heteroatoms. The number of rotatable bonds is 2. The van der Waals surface area contributed by atoms with Crippen molar-refractivity contribution in [1.82, 2.24) is 0 Å². The monoisotopic (exact) mass is 351 g/mol. The van der Waals surface area contributed by atoms with Crippen molar-refractivity contribution in [3.63, 3.8) is 0 Å². The van der Waals surface area contributed by atoms with Crippen LogP contribution in [0, 0.1) is 11.3 Å². The number of ether oxygens (including phenoxy) is 2. The molecule has 0 saturated carbocycles.